The van der Waals surface area contributed by atoms with Gasteiger partial charge in [0.1, 0.15) is 0 Å². The van der Waals surface area contributed by atoms with Gasteiger partial charge in [-0.05, 0) is 23.6 Å². The standard InChI is InChI=1S/C13H13ClN2O2/c14-5-8-3-12(17)16(7-8)10-2-1-9-6-15-13(18)11(9)4-10/h1-2,4,8H,3,5-7H2,(H,15,18). The minimum atomic E-state index is -0.0626. The molecular formula is C13H13ClN2O2. The molecule has 1 unspecified atom stereocenters. The quantitative estimate of drug-likeness (QED) is 0.824. The van der Waals surface area contributed by atoms with Gasteiger partial charge in [0, 0.05) is 36.6 Å². The van der Waals surface area contributed by atoms with E-state index in [9.17, 15) is 9.59 Å². The maximum Gasteiger partial charge on any atom is 0.251 e. The lowest BCUT2D eigenvalue weighted by molar-refractivity contribution is -0.117. The van der Waals surface area contributed by atoms with Crippen LogP contribution in [0.5, 0.6) is 0 Å². The lowest BCUT2D eigenvalue weighted by Gasteiger charge is -2.17. The molecule has 1 saturated heterocycles. The SMILES string of the molecule is O=C1NCc2ccc(N3CC(CCl)CC3=O)cc21. The number of hydrogen-bond acceptors (Lipinski definition) is 2. The number of amides is 2. The first-order chi connectivity index (χ1) is 8.69. The lowest BCUT2D eigenvalue weighted by Crippen LogP contribution is -2.25. The first-order valence-corrected chi connectivity index (χ1v) is 6.50. The summed E-state index contributed by atoms with van der Waals surface area (Å²) in [6, 6.07) is 5.60. The fraction of sp³-hybridized carbons (Fsp3) is 0.385. The molecule has 0 bridgehead atoms. The van der Waals surface area contributed by atoms with Crippen LogP contribution in [0.3, 0.4) is 0 Å². The zero-order valence-corrected chi connectivity index (χ0v) is 10.5. The van der Waals surface area contributed by atoms with E-state index in [1.54, 1.807) is 11.0 Å². The van der Waals surface area contributed by atoms with Crippen LogP contribution in [0.25, 0.3) is 0 Å². The number of alkyl halides is 1. The Morgan fingerprint density at radius 2 is 2.22 bits per heavy atom. The molecule has 2 aliphatic rings. The summed E-state index contributed by atoms with van der Waals surface area (Å²) in [5.41, 5.74) is 2.46. The fourth-order valence-corrected chi connectivity index (χ4v) is 2.71. The summed E-state index contributed by atoms with van der Waals surface area (Å²) in [5.74, 6) is 0.723. The topological polar surface area (TPSA) is 49.4 Å². The van der Waals surface area contributed by atoms with Gasteiger partial charge in [-0.25, -0.2) is 0 Å². The molecule has 18 heavy (non-hydrogen) atoms. The normalized spacial score (nSPS) is 22.3. The van der Waals surface area contributed by atoms with Crippen molar-refractivity contribution in [2.75, 3.05) is 17.3 Å². The third kappa shape index (κ3) is 1.77. The monoisotopic (exact) mass is 264 g/mol. The zero-order chi connectivity index (χ0) is 12.7. The van der Waals surface area contributed by atoms with Crippen LogP contribution < -0.4 is 10.2 Å². The number of halogens is 1. The average Bonchev–Trinajstić information content (AvgIpc) is 2.93. The Hall–Kier alpha value is -1.55. The number of fused-ring (bicyclic) bond motifs is 1. The Morgan fingerprint density at radius 1 is 1.39 bits per heavy atom. The summed E-state index contributed by atoms with van der Waals surface area (Å²) >= 11 is 5.80. The van der Waals surface area contributed by atoms with Gasteiger partial charge in [-0.15, -0.1) is 11.6 Å². The van der Waals surface area contributed by atoms with Crippen LogP contribution in [0.4, 0.5) is 5.69 Å². The number of hydrogen-bond donors (Lipinski definition) is 1. The molecule has 0 aliphatic carbocycles. The van der Waals surface area contributed by atoms with Crippen LogP contribution in [0, 0.1) is 5.92 Å². The molecule has 2 amide bonds. The highest BCUT2D eigenvalue weighted by Gasteiger charge is 2.31. The van der Waals surface area contributed by atoms with Crippen molar-refractivity contribution >= 4 is 29.1 Å². The van der Waals surface area contributed by atoms with Crippen molar-refractivity contribution in [3.63, 3.8) is 0 Å². The molecule has 1 N–H and O–H groups in total. The van der Waals surface area contributed by atoms with Gasteiger partial charge in [0.15, 0.2) is 0 Å². The van der Waals surface area contributed by atoms with Crippen molar-refractivity contribution in [1.82, 2.24) is 5.32 Å². The Labute approximate surface area is 110 Å². The predicted molar refractivity (Wildman–Crippen MR) is 68.8 cm³/mol. The van der Waals surface area contributed by atoms with Crippen LogP contribution >= 0.6 is 11.6 Å². The summed E-state index contributed by atoms with van der Waals surface area (Å²) < 4.78 is 0. The maximum atomic E-state index is 11.9. The smallest absolute Gasteiger partial charge is 0.251 e. The molecule has 0 aromatic heterocycles. The highest BCUT2D eigenvalue weighted by atomic mass is 35.5. The van der Waals surface area contributed by atoms with Crippen LogP contribution in [0.1, 0.15) is 22.3 Å². The second-order valence-corrected chi connectivity index (χ2v) is 5.06. The highest BCUT2D eigenvalue weighted by Crippen LogP contribution is 2.28. The van der Waals surface area contributed by atoms with Gasteiger partial charge in [-0.3, -0.25) is 9.59 Å². The van der Waals surface area contributed by atoms with Gasteiger partial charge in [0.2, 0.25) is 5.91 Å². The van der Waals surface area contributed by atoms with Gasteiger partial charge < -0.3 is 10.2 Å². The number of carbonyl (C=O) groups excluding carboxylic acids is 2. The van der Waals surface area contributed by atoms with Gasteiger partial charge >= 0.3 is 0 Å². The molecule has 1 fully saturated rings. The van der Waals surface area contributed by atoms with Gasteiger partial charge in [-0.2, -0.15) is 0 Å². The van der Waals surface area contributed by atoms with Crippen molar-refractivity contribution < 1.29 is 9.59 Å². The van der Waals surface area contributed by atoms with E-state index in [0.717, 1.165) is 11.3 Å². The number of nitrogens with one attached hydrogen (secondary N) is 1. The summed E-state index contributed by atoms with van der Waals surface area (Å²) in [7, 11) is 0. The first-order valence-electron chi connectivity index (χ1n) is 5.96. The van der Waals surface area contributed by atoms with Crippen LogP contribution in [-0.4, -0.2) is 24.2 Å². The van der Waals surface area contributed by atoms with Gasteiger partial charge in [0.05, 0.1) is 0 Å². The average molecular weight is 265 g/mol. The van der Waals surface area contributed by atoms with Gasteiger partial charge in [0.25, 0.3) is 5.91 Å². The molecule has 0 spiro atoms. The van der Waals surface area contributed by atoms with E-state index in [4.69, 9.17) is 11.6 Å². The van der Waals surface area contributed by atoms with E-state index in [0.29, 0.717) is 31.0 Å². The van der Waals surface area contributed by atoms with E-state index in [1.807, 2.05) is 12.1 Å². The van der Waals surface area contributed by atoms with Crippen LogP contribution in [0.15, 0.2) is 18.2 Å². The molecule has 5 heteroatoms. The number of benzene rings is 1. The molecule has 1 atom stereocenters. The number of carbonyl (C=O) groups is 2. The van der Waals surface area contributed by atoms with Gasteiger partial charge in [-0.1, -0.05) is 6.07 Å². The lowest BCUT2D eigenvalue weighted by atomic mass is 10.1. The second kappa shape index (κ2) is 4.28. The minimum absolute atomic E-state index is 0.0626. The molecule has 2 aliphatic heterocycles. The summed E-state index contributed by atoms with van der Waals surface area (Å²) in [5, 5.41) is 2.77. The van der Waals surface area contributed by atoms with E-state index in [-0.39, 0.29) is 17.7 Å². The van der Waals surface area contributed by atoms with E-state index < -0.39 is 0 Å². The number of nitrogens with zero attached hydrogens (tertiary/aromatic N) is 1. The third-order valence-corrected chi connectivity index (χ3v) is 3.95. The molecule has 1 aromatic rings. The van der Waals surface area contributed by atoms with Crippen molar-refractivity contribution in [3.05, 3.63) is 29.3 Å². The summed E-state index contributed by atoms with van der Waals surface area (Å²) in [6.45, 7) is 1.22. The highest BCUT2D eigenvalue weighted by molar-refractivity contribution is 6.18. The molecule has 94 valence electrons. The largest absolute Gasteiger partial charge is 0.348 e. The first kappa shape index (κ1) is 11.5. The van der Waals surface area contributed by atoms with E-state index >= 15 is 0 Å². The third-order valence-electron chi connectivity index (χ3n) is 3.51. The fourth-order valence-electron chi connectivity index (χ4n) is 2.50. The molecule has 1 aromatic carbocycles. The van der Waals surface area contributed by atoms with E-state index in [2.05, 4.69) is 5.32 Å². The summed E-state index contributed by atoms with van der Waals surface area (Å²) in [6.07, 6.45) is 0.493. The molecule has 2 heterocycles. The predicted octanol–water partition coefficient (Wildman–Crippen LogP) is 1.52. The Balaban J connectivity index is 1.92. The Kier molecular flexibility index (Phi) is 2.74. The van der Waals surface area contributed by atoms with Crippen molar-refractivity contribution in [2.24, 2.45) is 5.92 Å². The van der Waals surface area contributed by atoms with Crippen molar-refractivity contribution in [1.29, 1.82) is 0 Å². The number of rotatable bonds is 2. The molecule has 4 nitrogen and oxygen atoms in total. The molecular weight excluding hydrogens is 252 g/mol. The minimum Gasteiger partial charge on any atom is -0.348 e. The Morgan fingerprint density at radius 3 is 2.94 bits per heavy atom. The summed E-state index contributed by atoms with van der Waals surface area (Å²) in [4.78, 5) is 25.2. The van der Waals surface area contributed by atoms with Crippen molar-refractivity contribution in [3.8, 4) is 0 Å². The van der Waals surface area contributed by atoms with Crippen molar-refractivity contribution in [2.45, 2.75) is 13.0 Å². The number of anilines is 1. The zero-order valence-electron chi connectivity index (χ0n) is 9.78. The molecule has 3 rings (SSSR count). The van der Waals surface area contributed by atoms with E-state index in [1.165, 1.54) is 0 Å². The second-order valence-electron chi connectivity index (χ2n) is 4.75. The van der Waals surface area contributed by atoms with Crippen LogP contribution in [0.2, 0.25) is 0 Å². The van der Waals surface area contributed by atoms with Crippen LogP contribution in [-0.2, 0) is 11.3 Å². The Bertz CT molecular complexity index is 530. The molecule has 0 saturated carbocycles. The maximum absolute atomic E-state index is 11.9. The molecule has 0 radical (unpaired) electrons.